The van der Waals surface area contributed by atoms with Crippen molar-refractivity contribution in [1.82, 2.24) is 0 Å². The Hall–Kier alpha value is -3.80. The average Bonchev–Trinajstić information content (AvgIpc) is 2.77. The van der Waals surface area contributed by atoms with E-state index in [2.05, 4.69) is 0 Å². The number of benzene rings is 3. The quantitative estimate of drug-likeness (QED) is 0.312. The van der Waals surface area contributed by atoms with Gasteiger partial charge in [0, 0.05) is 0 Å². The van der Waals surface area contributed by atoms with Gasteiger partial charge in [0.1, 0.15) is 36.0 Å². The van der Waals surface area contributed by atoms with Crippen molar-refractivity contribution in [2.24, 2.45) is 0 Å². The van der Waals surface area contributed by atoms with E-state index < -0.39 is 11.9 Å². The van der Waals surface area contributed by atoms with Gasteiger partial charge in [-0.1, -0.05) is 48.5 Å². The maximum Gasteiger partial charge on any atom is 0.349 e. The van der Waals surface area contributed by atoms with Crippen LogP contribution in [0.25, 0.3) is 0 Å². The molecule has 0 aromatic heterocycles. The first-order chi connectivity index (χ1) is 14.2. The zero-order valence-electron chi connectivity index (χ0n) is 15.7. The molecule has 0 N–H and O–H groups in total. The molecule has 3 rings (SSSR count). The fraction of sp³-hybridized carbons (Fsp3) is 0.130. The van der Waals surface area contributed by atoms with Gasteiger partial charge in [-0.3, -0.25) is 0 Å². The second-order valence-electron chi connectivity index (χ2n) is 5.87. The number of hydrogen-bond donors (Lipinski definition) is 0. The minimum atomic E-state index is -0.624. The molecule has 0 saturated carbocycles. The highest BCUT2D eigenvalue weighted by Crippen LogP contribution is 2.19. The normalized spacial score (nSPS) is 10.1. The molecule has 148 valence electrons. The Kier molecular flexibility index (Phi) is 7.23. The summed E-state index contributed by atoms with van der Waals surface area (Å²) in [4.78, 5) is 24.4. The molecule has 0 heterocycles. The molecule has 0 bridgehead atoms. The summed E-state index contributed by atoms with van der Waals surface area (Å²) in [5, 5.41) is 0. The predicted molar refractivity (Wildman–Crippen MR) is 106 cm³/mol. The molecule has 0 unspecified atom stereocenters. The van der Waals surface area contributed by atoms with Gasteiger partial charge in [-0.25, -0.2) is 9.59 Å². The van der Waals surface area contributed by atoms with E-state index >= 15 is 0 Å². The van der Waals surface area contributed by atoms with Crippen LogP contribution in [0.5, 0.6) is 17.2 Å². The molecular weight excluding hydrogens is 372 g/mol. The van der Waals surface area contributed by atoms with Crippen LogP contribution in [0.4, 0.5) is 0 Å². The van der Waals surface area contributed by atoms with Crippen LogP contribution in [0.1, 0.15) is 10.4 Å². The number of carbonyl (C=O) groups excluding carboxylic acids is 2. The van der Waals surface area contributed by atoms with Crippen LogP contribution in [-0.2, 0) is 9.53 Å². The van der Waals surface area contributed by atoms with Gasteiger partial charge in [-0.05, 0) is 36.4 Å². The maximum atomic E-state index is 12.3. The molecule has 3 aromatic rings. The van der Waals surface area contributed by atoms with Crippen molar-refractivity contribution >= 4 is 11.9 Å². The minimum absolute atomic E-state index is 0.0626. The molecule has 29 heavy (non-hydrogen) atoms. The molecule has 0 radical (unpaired) electrons. The lowest BCUT2D eigenvalue weighted by Gasteiger charge is -2.11. The van der Waals surface area contributed by atoms with Crippen LogP contribution >= 0.6 is 0 Å². The Bertz CT molecular complexity index is 924. The van der Waals surface area contributed by atoms with E-state index in [0.717, 1.165) is 0 Å². The molecule has 0 aliphatic carbocycles. The number of carbonyl (C=O) groups is 2. The zero-order valence-corrected chi connectivity index (χ0v) is 15.7. The molecule has 6 nitrogen and oxygen atoms in total. The summed E-state index contributed by atoms with van der Waals surface area (Å²) in [7, 11) is 0. The fourth-order valence-corrected chi connectivity index (χ4v) is 2.42. The second kappa shape index (κ2) is 10.5. The van der Waals surface area contributed by atoms with E-state index in [1.54, 1.807) is 36.4 Å². The number of hydrogen-bond acceptors (Lipinski definition) is 6. The molecule has 0 spiro atoms. The third-order valence-electron chi connectivity index (χ3n) is 3.76. The number of esters is 2. The third-order valence-corrected chi connectivity index (χ3v) is 3.76. The molecule has 0 aliphatic heterocycles. The van der Waals surface area contributed by atoms with Gasteiger partial charge in [0.05, 0.1) is 0 Å². The molecule has 0 aliphatic rings. The van der Waals surface area contributed by atoms with Gasteiger partial charge < -0.3 is 18.9 Å². The first-order valence-electron chi connectivity index (χ1n) is 9.05. The maximum absolute atomic E-state index is 12.3. The first-order valence-corrected chi connectivity index (χ1v) is 9.05. The van der Waals surface area contributed by atoms with Crippen molar-refractivity contribution in [2.45, 2.75) is 0 Å². The highest BCUT2D eigenvalue weighted by Gasteiger charge is 2.16. The van der Waals surface area contributed by atoms with Gasteiger partial charge >= 0.3 is 11.9 Å². The summed E-state index contributed by atoms with van der Waals surface area (Å²) in [5.41, 5.74) is 0.153. The first kappa shape index (κ1) is 19.9. The van der Waals surface area contributed by atoms with Crippen molar-refractivity contribution in [3.8, 4) is 17.2 Å². The summed E-state index contributed by atoms with van der Waals surface area (Å²) >= 11 is 0. The lowest BCUT2D eigenvalue weighted by Crippen LogP contribution is -2.20. The summed E-state index contributed by atoms with van der Waals surface area (Å²) in [6.07, 6.45) is 0. The van der Waals surface area contributed by atoms with E-state index in [4.69, 9.17) is 18.9 Å². The van der Waals surface area contributed by atoms with Crippen LogP contribution in [-0.4, -0.2) is 31.8 Å². The molecule has 6 heteroatoms. The SMILES string of the molecule is O=C(COc1ccccc1)Oc1ccccc1C(=O)OCCOc1ccccc1. The molecule has 0 saturated heterocycles. The third kappa shape index (κ3) is 6.39. The van der Waals surface area contributed by atoms with Crippen molar-refractivity contribution in [3.63, 3.8) is 0 Å². The summed E-state index contributed by atoms with van der Waals surface area (Å²) in [5.74, 6) is 0.130. The van der Waals surface area contributed by atoms with E-state index in [0.29, 0.717) is 11.5 Å². The van der Waals surface area contributed by atoms with Crippen LogP contribution in [0.3, 0.4) is 0 Å². The van der Waals surface area contributed by atoms with E-state index in [1.807, 2.05) is 36.4 Å². The molecule has 0 amide bonds. The number of ether oxygens (including phenoxy) is 4. The smallest absolute Gasteiger partial charge is 0.349 e. The Morgan fingerprint density at radius 2 is 1.24 bits per heavy atom. The molecular formula is C23H20O6. The van der Waals surface area contributed by atoms with Crippen LogP contribution < -0.4 is 14.2 Å². The lowest BCUT2D eigenvalue weighted by molar-refractivity contribution is -0.136. The van der Waals surface area contributed by atoms with Crippen molar-refractivity contribution < 1.29 is 28.5 Å². The second-order valence-corrected chi connectivity index (χ2v) is 5.87. The Balaban J connectivity index is 1.49. The van der Waals surface area contributed by atoms with Gasteiger partial charge in [-0.15, -0.1) is 0 Å². The molecule has 0 fully saturated rings. The van der Waals surface area contributed by atoms with Gasteiger partial charge in [0.25, 0.3) is 0 Å². The predicted octanol–water partition coefficient (Wildman–Crippen LogP) is 3.91. The summed E-state index contributed by atoms with van der Waals surface area (Å²) in [6.45, 7) is -0.00589. The van der Waals surface area contributed by atoms with Crippen LogP contribution in [0.2, 0.25) is 0 Å². The zero-order chi connectivity index (χ0) is 20.3. The van der Waals surface area contributed by atoms with E-state index in [9.17, 15) is 9.59 Å². The Labute approximate surface area is 168 Å². The van der Waals surface area contributed by atoms with Crippen molar-refractivity contribution in [3.05, 3.63) is 90.5 Å². The number of para-hydroxylation sites is 3. The average molecular weight is 392 g/mol. The van der Waals surface area contributed by atoms with Gasteiger partial charge in [0.2, 0.25) is 0 Å². The van der Waals surface area contributed by atoms with E-state index in [-0.39, 0.29) is 31.1 Å². The fourth-order valence-electron chi connectivity index (χ4n) is 2.42. The standard InChI is InChI=1S/C23H20O6/c24-22(17-28-19-11-5-2-6-12-19)29-21-14-8-7-13-20(21)23(25)27-16-15-26-18-9-3-1-4-10-18/h1-14H,15-17H2. The van der Waals surface area contributed by atoms with Crippen molar-refractivity contribution in [2.75, 3.05) is 19.8 Å². The largest absolute Gasteiger partial charge is 0.490 e. The summed E-state index contributed by atoms with van der Waals surface area (Å²) in [6, 6.07) is 24.5. The minimum Gasteiger partial charge on any atom is -0.490 e. The molecule has 0 atom stereocenters. The highest BCUT2D eigenvalue weighted by atomic mass is 16.6. The highest BCUT2D eigenvalue weighted by molar-refractivity contribution is 5.93. The molecule has 3 aromatic carbocycles. The number of rotatable bonds is 9. The van der Waals surface area contributed by atoms with Gasteiger partial charge in [-0.2, -0.15) is 0 Å². The Morgan fingerprint density at radius 1 is 0.655 bits per heavy atom. The topological polar surface area (TPSA) is 71.1 Å². The van der Waals surface area contributed by atoms with E-state index in [1.165, 1.54) is 12.1 Å². The monoisotopic (exact) mass is 392 g/mol. The van der Waals surface area contributed by atoms with Gasteiger partial charge in [0.15, 0.2) is 6.61 Å². The van der Waals surface area contributed by atoms with Crippen LogP contribution in [0.15, 0.2) is 84.9 Å². The van der Waals surface area contributed by atoms with Crippen molar-refractivity contribution in [1.29, 1.82) is 0 Å². The lowest BCUT2D eigenvalue weighted by atomic mass is 10.2. The van der Waals surface area contributed by atoms with Crippen LogP contribution in [0, 0.1) is 0 Å². The Morgan fingerprint density at radius 3 is 1.93 bits per heavy atom. The summed E-state index contributed by atoms with van der Waals surface area (Å²) < 4.78 is 21.3.